The number of rotatable bonds is 5. The van der Waals surface area contributed by atoms with E-state index in [1.165, 1.54) is 22.5 Å². The van der Waals surface area contributed by atoms with E-state index in [-0.39, 0.29) is 17.5 Å². The predicted octanol–water partition coefficient (Wildman–Crippen LogP) is 2.25. The van der Waals surface area contributed by atoms with Gasteiger partial charge < -0.3 is 5.11 Å². The van der Waals surface area contributed by atoms with Crippen molar-refractivity contribution < 1.29 is 13.5 Å². The molecule has 1 N–H and O–H groups in total. The first-order valence-electron chi connectivity index (χ1n) is 6.25. The highest BCUT2D eigenvalue weighted by molar-refractivity contribution is 7.89. The molecule has 1 aliphatic rings. The van der Waals surface area contributed by atoms with Crippen molar-refractivity contribution in [2.45, 2.75) is 37.3 Å². The molecule has 0 saturated heterocycles. The molecule has 0 bridgehead atoms. The molecule has 4 nitrogen and oxygen atoms in total. The summed E-state index contributed by atoms with van der Waals surface area (Å²) < 4.78 is 26.4. The van der Waals surface area contributed by atoms with Gasteiger partial charge >= 0.3 is 0 Å². The number of sulfonamides is 1. The van der Waals surface area contributed by atoms with Gasteiger partial charge in [-0.1, -0.05) is 11.6 Å². The van der Waals surface area contributed by atoms with Crippen LogP contribution in [0.15, 0.2) is 23.1 Å². The topological polar surface area (TPSA) is 57.6 Å². The Morgan fingerprint density at radius 3 is 2.63 bits per heavy atom. The fraction of sp³-hybridized carbons (Fsp3) is 0.538. The molecule has 1 unspecified atom stereocenters. The smallest absolute Gasteiger partial charge is 0.243 e. The third kappa shape index (κ3) is 2.94. The first-order valence-corrected chi connectivity index (χ1v) is 8.07. The first-order chi connectivity index (χ1) is 8.87. The van der Waals surface area contributed by atoms with Crippen molar-refractivity contribution >= 4 is 21.6 Å². The van der Waals surface area contributed by atoms with Crippen LogP contribution >= 0.6 is 11.6 Å². The lowest BCUT2D eigenvalue weighted by Gasteiger charge is -2.24. The van der Waals surface area contributed by atoms with E-state index in [0.717, 1.165) is 12.8 Å². The summed E-state index contributed by atoms with van der Waals surface area (Å²) in [5.41, 5.74) is 0.426. The molecule has 1 aliphatic carbocycles. The van der Waals surface area contributed by atoms with E-state index in [0.29, 0.717) is 16.5 Å². The van der Waals surface area contributed by atoms with Crippen LogP contribution in [0, 0.1) is 5.92 Å². The van der Waals surface area contributed by atoms with Crippen LogP contribution < -0.4 is 0 Å². The maximum Gasteiger partial charge on any atom is 0.243 e. The number of hydrogen-bond donors (Lipinski definition) is 1. The Kier molecular flexibility index (Phi) is 4.20. The zero-order valence-electron chi connectivity index (χ0n) is 11.0. The second-order valence-electron chi connectivity index (χ2n) is 5.01. The number of nitrogens with zero attached hydrogens (tertiary/aromatic N) is 1. The number of aliphatic hydroxyl groups excluding tert-OH is 1. The summed E-state index contributed by atoms with van der Waals surface area (Å²) in [4.78, 5) is 0.177. The van der Waals surface area contributed by atoms with Crippen LogP contribution in [0.2, 0.25) is 5.02 Å². The number of hydrogen-bond acceptors (Lipinski definition) is 3. The highest BCUT2D eigenvalue weighted by atomic mass is 35.5. The van der Waals surface area contributed by atoms with Crippen LogP contribution in [0.3, 0.4) is 0 Å². The van der Waals surface area contributed by atoms with Gasteiger partial charge in [0.25, 0.3) is 0 Å². The highest BCUT2D eigenvalue weighted by Gasteiger charge is 2.36. The fourth-order valence-electron chi connectivity index (χ4n) is 2.09. The second-order valence-corrected chi connectivity index (χ2v) is 7.42. The molecule has 1 atom stereocenters. The van der Waals surface area contributed by atoms with Gasteiger partial charge in [0.1, 0.15) is 0 Å². The van der Waals surface area contributed by atoms with E-state index >= 15 is 0 Å². The lowest BCUT2D eigenvalue weighted by Crippen LogP contribution is -2.36. The van der Waals surface area contributed by atoms with Crippen molar-refractivity contribution in [3.05, 3.63) is 28.8 Å². The number of halogens is 1. The Hall–Kier alpha value is -0.620. The van der Waals surface area contributed by atoms with Gasteiger partial charge in [0.05, 0.1) is 11.5 Å². The average molecular weight is 304 g/mol. The molecular weight excluding hydrogens is 286 g/mol. The van der Waals surface area contributed by atoms with E-state index in [4.69, 9.17) is 16.7 Å². The van der Waals surface area contributed by atoms with Gasteiger partial charge in [0.2, 0.25) is 10.0 Å². The Labute approximate surface area is 119 Å². The normalized spacial score (nSPS) is 17.7. The van der Waals surface area contributed by atoms with Gasteiger partial charge in [-0.15, -0.1) is 0 Å². The Balaban J connectivity index is 2.33. The van der Waals surface area contributed by atoms with Gasteiger partial charge in [0, 0.05) is 18.1 Å². The van der Waals surface area contributed by atoms with Crippen LogP contribution in [-0.4, -0.2) is 30.9 Å². The summed E-state index contributed by atoms with van der Waals surface area (Å²) in [6, 6.07) is 4.43. The van der Waals surface area contributed by atoms with Crippen LogP contribution in [0.1, 0.15) is 25.3 Å². The molecule has 0 heterocycles. The summed E-state index contributed by atoms with van der Waals surface area (Å²) in [6.45, 7) is 1.65. The van der Waals surface area contributed by atoms with Gasteiger partial charge in [-0.25, -0.2) is 8.42 Å². The molecule has 1 aromatic rings. The van der Waals surface area contributed by atoms with Gasteiger partial charge in [-0.05, 0) is 49.4 Å². The molecule has 1 fully saturated rings. The maximum absolute atomic E-state index is 12.5. The molecule has 1 aromatic carbocycles. The summed E-state index contributed by atoms with van der Waals surface area (Å²) in [5.74, 6) is 0.462. The van der Waals surface area contributed by atoms with Gasteiger partial charge in [-0.2, -0.15) is 4.31 Å². The number of aliphatic hydroxyl groups is 1. The molecule has 1 saturated carbocycles. The average Bonchev–Trinajstić information content (AvgIpc) is 3.21. The van der Waals surface area contributed by atoms with E-state index in [1.807, 2.05) is 6.92 Å². The molecule has 0 spiro atoms. The van der Waals surface area contributed by atoms with Crippen molar-refractivity contribution in [1.29, 1.82) is 0 Å². The van der Waals surface area contributed by atoms with Crippen LogP contribution in [-0.2, 0) is 16.6 Å². The zero-order valence-corrected chi connectivity index (χ0v) is 12.6. The molecular formula is C13H18ClNO3S. The molecule has 0 amide bonds. The quantitative estimate of drug-likeness (QED) is 0.907. The molecule has 106 valence electrons. The first kappa shape index (κ1) is 14.8. The van der Waals surface area contributed by atoms with E-state index in [1.54, 1.807) is 7.05 Å². The van der Waals surface area contributed by atoms with E-state index < -0.39 is 10.0 Å². The largest absolute Gasteiger partial charge is 0.392 e. The fourth-order valence-corrected chi connectivity index (χ4v) is 3.74. The van der Waals surface area contributed by atoms with Crippen molar-refractivity contribution in [3.63, 3.8) is 0 Å². The van der Waals surface area contributed by atoms with Crippen molar-refractivity contribution in [1.82, 2.24) is 4.31 Å². The summed E-state index contributed by atoms with van der Waals surface area (Å²) in [7, 11) is -1.93. The third-order valence-corrected chi connectivity index (χ3v) is 6.05. The minimum atomic E-state index is -3.53. The van der Waals surface area contributed by atoms with Gasteiger partial charge in [0.15, 0.2) is 0 Å². The molecule has 0 radical (unpaired) electrons. The van der Waals surface area contributed by atoms with Crippen molar-refractivity contribution in [2.24, 2.45) is 5.92 Å². The monoisotopic (exact) mass is 303 g/mol. The zero-order chi connectivity index (χ0) is 14.2. The standard InChI is InChI=1S/C13H18ClNO3S/c1-9(10-3-4-10)15(2)19(17,18)12-5-6-13(14)11(7-12)8-16/h5-7,9-10,16H,3-4,8H2,1-2H3. The Bertz CT molecular complexity index is 569. The van der Waals surface area contributed by atoms with Crippen LogP contribution in [0.25, 0.3) is 0 Å². The Morgan fingerprint density at radius 2 is 2.11 bits per heavy atom. The minimum Gasteiger partial charge on any atom is -0.392 e. The van der Waals surface area contributed by atoms with Crippen molar-refractivity contribution in [3.8, 4) is 0 Å². The third-order valence-electron chi connectivity index (χ3n) is 3.74. The lowest BCUT2D eigenvalue weighted by atomic mass is 10.2. The Morgan fingerprint density at radius 1 is 1.47 bits per heavy atom. The molecule has 0 aliphatic heterocycles. The highest BCUT2D eigenvalue weighted by Crippen LogP contribution is 2.36. The van der Waals surface area contributed by atoms with Gasteiger partial charge in [-0.3, -0.25) is 0 Å². The SMILES string of the molecule is CC(C1CC1)N(C)S(=O)(=O)c1ccc(Cl)c(CO)c1. The van der Waals surface area contributed by atoms with Crippen LogP contribution in [0.5, 0.6) is 0 Å². The molecule has 2 rings (SSSR count). The molecule has 19 heavy (non-hydrogen) atoms. The summed E-state index contributed by atoms with van der Waals surface area (Å²) in [6.07, 6.45) is 2.17. The minimum absolute atomic E-state index is 0.00162. The number of benzene rings is 1. The summed E-state index contributed by atoms with van der Waals surface area (Å²) >= 11 is 5.88. The molecule has 0 aromatic heterocycles. The van der Waals surface area contributed by atoms with Crippen LogP contribution in [0.4, 0.5) is 0 Å². The van der Waals surface area contributed by atoms with Crippen molar-refractivity contribution in [2.75, 3.05) is 7.05 Å². The predicted molar refractivity (Wildman–Crippen MR) is 74.5 cm³/mol. The second kappa shape index (κ2) is 5.40. The lowest BCUT2D eigenvalue weighted by molar-refractivity contribution is 0.281. The summed E-state index contributed by atoms with van der Waals surface area (Å²) in [5, 5.41) is 9.54. The maximum atomic E-state index is 12.5. The van der Waals surface area contributed by atoms with E-state index in [9.17, 15) is 8.42 Å². The molecule has 6 heteroatoms. The van der Waals surface area contributed by atoms with E-state index in [2.05, 4.69) is 0 Å².